The number of unbranched alkanes of at least 4 members (excludes halogenated alkanes) is 3. The molecule has 0 spiro atoms. The maximum Gasteiger partial charge on any atom is 0.291 e. The van der Waals surface area contributed by atoms with E-state index < -0.39 is 55.7 Å². The molecule has 4 fully saturated rings. The van der Waals surface area contributed by atoms with Crippen LogP contribution in [0.2, 0.25) is 0 Å². The first-order valence-electron chi connectivity index (χ1n) is 21.1. The first kappa shape index (κ1) is 44.2. The molecule has 3 aromatic heterocycles. The molecular formula is C44H58N4O12. The Kier molecular flexibility index (Phi) is 13.9. The Bertz CT molecular complexity index is 1950. The van der Waals surface area contributed by atoms with E-state index in [0.717, 1.165) is 38.1 Å². The lowest BCUT2D eigenvalue weighted by molar-refractivity contribution is -0.192. The monoisotopic (exact) mass is 834 g/mol. The number of carbonyl (C=O) groups is 3. The van der Waals surface area contributed by atoms with Crippen LogP contribution in [-0.4, -0.2) is 63.7 Å². The van der Waals surface area contributed by atoms with Crippen molar-refractivity contribution < 1.29 is 41.8 Å². The molecule has 0 saturated heterocycles. The fourth-order valence-electron chi connectivity index (χ4n) is 10.4. The number of amides is 3. The molecule has 16 heteroatoms. The number of carbonyl (C=O) groups excluding carboxylic acids is 3. The highest BCUT2D eigenvalue weighted by molar-refractivity contribution is 5.95. The van der Waals surface area contributed by atoms with E-state index in [4.69, 9.17) is 33.2 Å². The molecule has 5 N–H and O–H groups in total. The Morgan fingerprint density at radius 1 is 0.533 bits per heavy atom. The molecule has 0 radical (unpaired) electrons. The SMILES string of the molecule is CCCCOc1c(C(=O)NCC23CC4(CN)CC(CNC(=O)c5occc(=O)c5OCCCC)(C2)CC(CNC(=O)c2occc(=O)c2OCCCC)(C4)C3)occc1=O. The summed E-state index contributed by atoms with van der Waals surface area (Å²) in [4.78, 5) is 79.9. The predicted octanol–water partition coefficient (Wildman–Crippen LogP) is 4.96. The van der Waals surface area contributed by atoms with Crippen molar-refractivity contribution in [2.45, 2.75) is 97.8 Å². The van der Waals surface area contributed by atoms with Gasteiger partial charge < -0.3 is 49.1 Å². The summed E-state index contributed by atoms with van der Waals surface area (Å²) in [7, 11) is 0. The molecule has 3 heterocycles. The second-order valence-corrected chi connectivity index (χ2v) is 17.2. The van der Waals surface area contributed by atoms with E-state index >= 15 is 0 Å². The van der Waals surface area contributed by atoms with Crippen molar-refractivity contribution >= 4 is 17.7 Å². The normalized spacial score (nSPS) is 23.8. The zero-order chi connectivity index (χ0) is 43.0. The van der Waals surface area contributed by atoms with Crippen molar-refractivity contribution in [2.75, 3.05) is 46.0 Å². The van der Waals surface area contributed by atoms with Crippen LogP contribution in [0, 0.1) is 21.7 Å². The highest BCUT2D eigenvalue weighted by Gasteiger charge is 2.67. The number of rotatable bonds is 22. The van der Waals surface area contributed by atoms with Gasteiger partial charge in [-0.25, -0.2) is 0 Å². The lowest BCUT2D eigenvalue weighted by Gasteiger charge is -2.71. The van der Waals surface area contributed by atoms with Gasteiger partial charge in [0, 0.05) is 37.8 Å². The van der Waals surface area contributed by atoms with Crippen LogP contribution in [0.3, 0.4) is 0 Å². The van der Waals surface area contributed by atoms with Gasteiger partial charge in [-0.3, -0.25) is 28.8 Å². The molecule has 0 aliphatic heterocycles. The van der Waals surface area contributed by atoms with E-state index in [1.165, 1.54) is 18.2 Å². The zero-order valence-corrected chi connectivity index (χ0v) is 34.9. The third kappa shape index (κ3) is 9.64. The fourth-order valence-corrected chi connectivity index (χ4v) is 10.4. The summed E-state index contributed by atoms with van der Waals surface area (Å²) in [5, 5.41) is 9.14. The third-order valence-corrected chi connectivity index (χ3v) is 12.2. The highest BCUT2D eigenvalue weighted by atomic mass is 16.5. The van der Waals surface area contributed by atoms with Gasteiger partial charge in [0.1, 0.15) is 0 Å². The largest absolute Gasteiger partial charge is 0.486 e. The summed E-state index contributed by atoms with van der Waals surface area (Å²) in [5.74, 6) is -2.93. The molecular weight excluding hydrogens is 776 g/mol. The van der Waals surface area contributed by atoms with Gasteiger partial charge >= 0.3 is 0 Å². The van der Waals surface area contributed by atoms with E-state index in [2.05, 4.69) is 16.0 Å². The maximum atomic E-state index is 13.8. The first-order valence-corrected chi connectivity index (χ1v) is 21.1. The van der Waals surface area contributed by atoms with Crippen molar-refractivity contribution in [3.63, 3.8) is 0 Å². The first-order chi connectivity index (χ1) is 28.8. The molecule has 0 atom stereocenters. The zero-order valence-electron chi connectivity index (χ0n) is 34.9. The minimum Gasteiger partial charge on any atom is -0.486 e. The minimum absolute atomic E-state index is 0.151. The second-order valence-electron chi connectivity index (χ2n) is 17.2. The average molecular weight is 835 g/mol. The Balaban J connectivity index is 1.30. The molecule has 4 bridgehead atoms. The minimum atomic E-state index is -0.606. The van der Waals surface area contributed by atoms with Crippen molar-refractivity contribution in [2.24, 2.45) is 27.4 Å². The van der Waals surface area contributed by atoms with Crippen LogP contribution in [0.25, 0.3) is 0 Å². The molecule has 0 aromatic carbocycles. The van der Waals surface area contributed by atoms with Gasteiger partial charge in [0.25, 0.3) is 17.7 Å². The van der Waals surface area contributed by atoms with Gasteiger partial charge in [0.05, 0.1) is 38.6 Å². The number of hydrogen-bond donors (Lipinski definition) is 4. The number of nitrogens with two attached hydrogens (primary N) is 1. The lowest BCUT2D eigenvalue weighted by atomic mass is 9.35. The number of ether oxygens (including phenoxy) is 3. The van der Waals surface area contributed by atoms with E-state index in [1.807, 2.05) is 20.8 Å². The standard InChI is InChI=1S/C44H58N4O12/c1-4-7-13-55-32-29(49)10-16-58-35(32)38(52)46-26-42-19-41(25-45)20-43(22-42,27-47-39(53)36-33(56-14-8-5-2)30(50)11-17-59-36)24-44(21-41,23-42)28-48-40(54)37-34(57-15-9-6-3)31(51)12-18-60-37/h10-12,16-18H,4-9,13-15,19-28,45H2,1-3H3,(H,46,52)(H,47,53)(H,48,54). The average Bonchev–Trinajstić information content (AvgIpc) is 3.22. The van der Waals surface area contributed by atoms with E-state index in [1.54, 1.807) is 0 Å². The summed E-state index contributed by atoms with van der Waals surface area (Å²) in [6, 6.07) is 3.63. The van der Waals surface area contributed by atoms with Crippen molar-refractivity contribution in [3.05, 3.63) is 84.9 Å². The van der Waals surface area contributed by atoms with Gasteiger partial charge in [-0.1, -0.05) is 40.0 Å². The van der Waals surface area contributed by atoms with Gasteiger partial charge in [0.15, 0.2) is 0 Å². The van der Waals surface area contributed by atoms with Crippen molar-refractivity contribution in [3.8, 4) is 17.2 Å². The predicted molar refractivity (Wildman–Crippen MR) is 220 cm³/mol. The van der Waals surface area contributed by atoms with Gasteiger partial charge in [-0.2, -0.15) is 0 Å². The van der Waals surface area contributed by atoms with Crippen LogP contribution < -0.4 is 52.2 Å². The lowest BCUT2D eigenvalue weighted by Crippen LogP contribution is -2.68. The molecule has 4 aliphatic carbocycles. The van der Waals surface area contributed by atoms with Crippen LogP contribution in [0.15, 0.2) is 64.6 Å². The molecule has 3 aromatic rings. The summed E-state index contributed by atoms with van der Waals surface area (Å²) >= 11 is 0. The quantitative estimate of drug-likeness (QED) is 0.0983. The van der Waals surface area contributed by atoms with Crippen LogP contribution in [0.5, 0.6) is 17.2 Å². The summed E-state index contributed by atoms with van der Waals surface area (Å²) in [6.45, 7) is 7.54. The van der Waals surface area contributed by atoms with Crippen molar-refractivity contribution in [1.29, 1.82) is 0 Å². The highest BCUT2D eigenvalue weighted by Crippen LogP contribution is 2.73. The molecule has 326 valence electrons. The van der Waals surface area contributed by atoms with Gasteiger partial charge in [0.2, 0.25) is 50.8 Å². The van der Waals surface area contributed by atoms with E-state index in [-0.39, 0.29) is 74.0 Å². The van der Waals surface area contributed by atoms with Gasteiger partial charge in [-0.15, -0.1) is 0 Å². The molecule has 60 heavy (non-hydrogen) atoms. The van der Waals surface area contributed by atoms with E-state index in [0.29, 0.717) is 64.3 Å². The molecule has 16 nitrogen and oxygen atoms in total. The van der Waals surface area contributed by atoms with Crippen LogP contribution >= 0.6 is 0 Å². The smallest absolute Gasteiger partial charge is 0.291 e. The molecule has 3 amide bonds. The Morgan fingerprint density at radius 2 is 0.817 bits per heavy atom. The number of nitrogens with one attached hydrogen (secondary N) is 3. The maximum absolute atomic E-state index is 13.8. The number of hydrogen-bond acceptors (Lipinski definition) is 13. The van der Waals surface area contributed by atoms with Crippen LogP contribution in [0.1, 0.15) is 129 Å². The summed E-state index contributed by atoms with van der Waals surface area (Å²) in [5.41, 5.74) is 3.11. The summed E-state index contributed by atoms with van der Waals surface area (Å²) in [6.07, 6.45) is 11.8. The molecule has 4 saturated carbocycles. The molecule has 7 rings (SSSR count). The Labute approximate surface area is 348 Å². The van der Waals surface area contributed by atoms with Crippen LogP contribution in [0.4, 0.5) is 0 Å². The third-order valence-electron chi connectivity index (χ3n) is 12.2. The van der Waals surface area contributed by atoms with E-state index in [9.17, 15) is 28.8 Å². The Morgan fingerprint density at radius 3 is 1.08 bits per heavy atom. The van der Waals surface area contributed by atoms with Gasteiger partial charge in [-0.05, 0) is 86.0 Å². The molecule has 0 unspecified atom stereocenters. The molecule has 4 aliphatic rings. The fraction of sp³-hybridized carbons (Fsp3) is 0.591. The van der Waals surface area contributed by atoms with Crippen LogP contribution in [-0.2, 0) is 0 Å². The van der Waals surface area contributed by atoms with Crippen molar-refractivity contribution in [1.82, 2.24) is 16.0 Å². The topological polar surface area (TPSA) is 232 Å². The second kappa shape index (κ2) is 18.9. The summed E-state index contributed by atoms with van der Waals surface area (Å²) < 4.78 is 33.8. The Hall–Kier alpha value is -5.38.